The zero-order valence-corrected chi connectivity index (χ0v) is 11.6. The number of hydrogen-bond acceptors (Lipinski definition) is 6. The molecule has 0 fully saturated rings. The first-order chi connectivity index (χ1) is 7.61. The minimum atomic E-state index is 0.0877. The number of rotatable bonds is 3. The van der Waals surface area contributed by atoms with Crippen LogP contribution in [0.4, 0.5) is 11.8 Å². The van der Waals surface area contributed by atoms with Crippen molar-refractivity contribution in [3.8, 4) is 0 Å². The summed E-state index contributed by atoms with van der Waals surface area (Å²) in [5.41, 5.74) is 6.52. The van der Waals surface area contributed by atoms with Crippen molar-refractivity contribution >= 4 is 55.9 Å². The van der Waals surface area contributed by atoms with Gasteiger partial charge in [-0.2, -0.15) is 4.98 Å². The highest BCUT2D eigenvalue weighted by atomic mass is 127. The van der Waals surface area contributed by atoms with Crippen molar-refractivity contribution in [2.24, 2.45) is 0 Å². The molecule has 0 atom stereocenters. The molecule has 86 valence electrons. The summed E-state index contributed by atoms with van der Waals surface area (Å²) >= 11 is 3.87. The fourth-order valence-electron chi connectivity index (χ4n) is 1.42. The Morgan fingerprint density at radius 1 is 1.56 bits per heavy atom. The number of aromatic nitrogens is 2. The van der Waals surface area contributed by atoms with Gasteiger partial charge in [-0.05, 0) is 28.7 Å². The normalized spacial score (nSPS) is 10.9. The van der Waals surface area contributed by atoms with Crippen LogP contribution in [-0.2, 0) is 0 Å². The summed E-state index contributed by atoms with van der Waals surface area (Å²) in [5.74, 6) is 1.05. The average Bonchev–Trinajstić information content (AvgIpc) is 2.57. The summed E-state index contributed by atoms with van der Waals surface area (Å²) in [6.45, 7) is 0.615. The van der Waals surface area contributed by atoms with Crippen molar-refractivity contribution in [1.29, 1.82) is 0 Å². The van der Waals surface area contributed by atoms with E-state index in [4.69, 9.17) is 10.8 Å². The molecule has 3 N–H and O–H groups in total. The molecule has 5 nitrogen and oxygen atoms in total. The molecular formula is C9H11IN4OS. The number of nitrogen functional groups attached to an aromatic ring is 1. The second-order valence-corrected chi connectivity index (χ2v) is 6.26. The van der Waals surface area contributed by atoms with Crippen LogP contribution in [0.15, 0.2) is 6.07 Å². The van der Waals surface area contributed by atoms with Gasteiger partial charge in [-0.25, -0.2) is 4.98 Å². The molecule has 0 aliphatic carbocycles. The van der Waals surface area contributed by atoms with Crippen molar-refractivity contribution in [3.05, 3.63) is 8.95 Å². The van der Waals surface area contributed by atoms with Gasteiger partial charge in [-0.3, -0.25) is 0 Å². The van der Waals surface area contributed by atoms with Crippen molar-refractivity contribution in [3.63, 3.8) is 0 Å². The predicted molar refractivity (Wildman–Crippen MR) is 74.9 cm³/mol. The van der Waals surface area contributed by atoms with Gasteiger partial charge in [0.25, 0.3) is 0 Å². The second-order valence-electron chi connectivity index (χ2n) is 3.32. The van der Waals surface area contributed by atoms with Gasteiger partial charge in [-0.1, -0.05) is 0 Å². The third-order valence-corrected chi connectivity index (χ3v) is 4.02. The molecule has 0 saturated carbocycles. The maximum atomic E-state index is 8.93. The van der Waals surface area contributed by atoms with Crippen LogP contribution in [0, 0.1) is 2.88 Å². The maximum Gasteiger partial charge on any atom is 0.222 e. The SMILES string of the molecule is CN(CCO)c1nc(N)nc2cc(I)sc12. The molecule has 2 aromatic rings. The number of thiophene rings is 1. The van der Waals surface area contributed by atoms with Crippen molar-refractivity contribution in [2.75, 3.05) is 30.8 Å². The van der Waals surface area contributed by atoms with Crippen LogP contribution < -0.4 is 10.6 Å². The lowest BCUT2D eigenvalue weighted by molar-refractivity contribution is 0.304. The largest absolute Gasteiger partial charge is 0.395 e. The van der Waals surface area contributed by atoms with Crippen LogP contribution >= 0.6 is 33.9 Å². The summed E-state index contributed by atoms with van der Waals surface area (Å²) in [4.78, 5) is 10.3. The molecule has 2 rings (SSSR count). The summed E-state index contributed by atoms with van der Waals surface area (Å²) in [7, 11) is 1.88. The molecule has 2 heterocycles. The fraction of sp³-hybridized carbons (Fsp3) is 0.333. The molecule has 0 aliphatic heterocycles. The van der Waals surface area contributed by atoms with Crippen LogP contribution in [0.3, 0.4) is 0 Å². The van der Waals surface area contributed by atoms with E-state index < -0.39 is 0 Å². The van der Waals surface area contributed by atoms with E-state index in [1.54, 1.807) is 11.3 Å². The highest BCUT2D eigenvalue weighted by molar-refractivity contribution is 14.1. The van der Waals surface area contributed by atoms with E-state index in [0.29, 0.717) is 6.54 Å². The van der Waals surface area contributed by atoms with E-state index in [1.165, 1.54) is 0 Å². The fourth-order valence-corrected chi connectivity index (χ4v) is 3.24. The number of aliphatic hydroxyl groups excluding tert-OH is 1. The Morgan fingerprint density at radius 3 is 3.00 bits per heavy atom. The molecule has 0 aliphatic rings. The van der Waals surface area contributed by atoms with Crippen LogP contribution in [0.1, 0.15) is 0 Å². The summed E-state index contributed by atoms with van der Waals surface area (Å²) in [6, 6.07) is 1.98. The van der Waals surface area contributed by atoms with E-state index in [2.05, 4.69) is 32.6 Å². The number of aliphatic hydroxyl groups is 1. The van der Waals surface area contributed by atoms with Gasteiger partial charge in [-0.15, -0.1) is 11.3 Å². The first kappa shape index (κ1) is 11.8. The Hall–Kier alpha value is -0.670. The Kier molecular flexibility index (Phi) is 3.45. The number of nitrogens with zero attached hydrogens (tertiary/aromatic N) is 3. The minimum Gasteiger partial charge on any atom is -0.395 e. The van der Waals surface area contributed by atoms with Crippen LogP contribution in [0.5, 0.6) is 0 Å². The van der Waals surface area contributed by atoms with E-state index in [-0.39, 0.29) is 12.6 Å². The summed E-state index contributed by atoms with van der Waals surface area (Å²) in [6.07, 6.45) is 0. The predicted octanol–water partition coefficient (Wildman–Crippen LogP) is 1.31. The van der Waals surface area contributed by atoms with E-state index in [1.807, 2.05) is 18.0 Å². The minimum absolute atomic E-state index is 0.0877. The molecule has 2 aromatic heterocycles. The van der Waals surface area contributed by atoms with Gasteiger partial charge in [0.05, 0.1) is 19.7 Å². The molecule has 0 saturated heterocycles. The summed E-state index contributed by atoms with van der Waals surface area (Å²) < 4.78 is 2.15. The topological polar surface area (TPSA) is 75.3 Å². The highest BCUT2D eigenvalue weighted by Crippen LogP contribution is 2.32. The Morgan fingerprint density at radius 2 is 2.31 bits per heavy atom. The lowest BCUT2D eigenvalue weighted by Crippen LogP contribution is -2.22. The van der Waals surface area contributed by atoms with Gasteiger partial charge in [0, 0.05) is 13.6 Å². The monoisotopic (exact) mass is 350 g/mol. The Balaban J connectivity index is 2.57. The zero-order chi connectivity index (χ0) is 11.7. The van der Waals surface area contributed by atoms with Crippen LogP contribution in [0.25, 0.3) is 10.2 Å². The quantitative estimate of drug-likeness (QED) is 0.817. The van der Waals surface area contributed by atoms with Crippen molar-refractivity contribution in [2.45, 2.75) is 0 Å². The van der Waals surface area contributed by atoms with Gasteiger partial charge in [0.2, 0.25) is 5.95 Å². The number of halogens is 1. The average molecular weight is 350 g/mol. The second kappa shape index (κ2) is 4.68. The van der Waals surface area contributed by atoms with Gasteiger partial charge in [0.1, 0.15) is 0 Å². The van der Waals surface area contributed by atoms with E-state index in [9.17, 15) is 0 Å². The smallest absolute Gasteiger partial charge is 0.222 e. The van der Waals surface area contributed by atoms with Gasteiger partial charge in [0.15, 0.2) is 5.82 Å². The lowest BCUT2D eigenvalue weighted by atomic mass is 10.4. The Bertz CT molecular complexity index is 515. The number of fused-ring (bicyclic) bond motifs is 1. The van der Waals surface area contributed by atoms with Gasteiger partial charge >= 0.3 is 0 Å². The third-order valence-electron chi connectivity index (χ3n) is 2.14. The van der Waals surface area contributed by atoms with Gasteiger partial charge < -0.3 is 15.7 Å². The molecule has 7 heteroatoms. The zero-order valence-electron chi connectivity index (χ0n) is 8.64. The molecule has 16 heavy (non-hydrogen) atoms. The number of anilines is 2. The van der Waals surface area contributed by atoms with Crippen LogP contribution in [0.2, 0.25) is 0 Å². The molecule has 0 bridgehead atoms. The van der Waals surface area contributed by atoms with E-state index >= 15 is 0 Å². The molecule has 0 aromatic carbocycles. The van der Waals surface area contributed by atoms with Crippen molar-refractivity contribution in [1.82, 2.24) is 9.97 Å². The number of nitrogens with two attached hydrogens (primary N) is 1. The first-order valence-electron chi connectivity index (χ1n) is 4.66. The third kappa shape index (κ3) is 2.20. The Labute approximate surface area is 110 Å². The molecule has 0 unspecified atom stereocenters. The first-order valence-corrected chi connectivity index (χ1v) is 6.56. The number of hydrogen-bond donors (Lipinski definition) is 2. The summed E-state index contributed by atoms with van der Waals surface area (Å²) in [5, 5.41) is 8.93. The number of likely N-dealkylation sites (N-methyl/N-ethyl adjacent to an activating group) is 1. The van der Waals surface area contributed by atoms with E-state index in [0.717, 1.165) is 18.9 Å². The van der Waals surface area contributed by atoms with Crippen LogP contribution in [-0.4, -0.2) is 35.3 Å². The standard InChI is InChI=1S/C9H11IN4OS/c1-14(2-3-15)8-7-5(4-6(10)16-7)12-9(11)13-8/h4,15H,2-3H2,1H3,(H2,11,12,13). The molecule has 0 amide bonds. The molecule has 0 radical (unpaired) electrons. The molecular weight excluding hydrogens is 339 g/mol. The highest BCUT2D eigenvalue weighted by Gasteiger charge is 2.13. The lowest BCUT2D eigenvalue weighted by Gasteiger charge is -2.17. The molecule has 0 spiro atoms. The van der Waals surface area contributed by atoms with Crippen molar-refractivity contribution < 1.29 is 5.11 Å². The maximum absolute atomic E-state index is 8.93.